The highest BCUT2D eigenvalue weighted by molar-refractivity contribution is 7.80. The van der Waals surface area contributed by atoms with Crippen molar-refractivity contribution in [2.24, 2.45) is 0 Å². The number of halogens is 6. The zero-order chi connectivity index (χ0) is 36.3. The Balaban J connectivity index is 2.84. The molecule has 2 aromatic carbocycles. The van der Waals surface area contributed by atoms with Gasteiger partial charge in [-0.05, 0) is 91.6 Å². The van der Waals surface area contributed by atoms with Crippen LogP contribution in [0.2, 0.25) is 56.9 Å². The summed E-state index contributed by atoms with van der Waals surface area (Å²) in [7, 11) is -17.3. The van der Waals surface area contributed by atoms with Gasteiger partial charge in [0, 0.05) is 12.8 Å². The SMILES string of the molecule is C=C[Si](C)(O[Si](CCC(F)(F)F)(CCC(F)(F)F)O[Si](C)(C)CCCS)O[Si](O[Si](C)(C)CCCS)(c1ccccc1)c1ccccc1. The molecule has 0 radical (unpaired) electrons. The van der Waals surface area contributed by atoms with E-state index in [1.165, 1.54) is 5.70 Å². The van der Waals surface area contributed by atoms with E-state index in [4.69, 9.17) is 16.5 Å². The van der Waals surface area contributed by atoms with Gasteiger partial charge in [0.05, 0.1) is 0 Å². The van der Waals surface area contributed by atoms with Gasteiger partial charge in [-0.15, -0.1) is 6.58 Å². The van der Waals surface area contributed by atoms with E-state index >= 15 is 0 Å². The summed E-state index contributed by atoms with van der Waals surface area (Å²) in [6.07, 6.45) is -10.5. The van der Waals surface area contributed by atoms with E-state index in [9.17, 15) is 26.3 Å². The van der Waals surface area contributed by atoms with Crippen LogP contribution >= 0.6 is 25.3 Å². The fraction of sp³-hybridized carbons (Fsp3) is 0.548. The zero-order valence-electron chi connectivity index (χ0n) is 28.4. The standard InChI is InChI=1S/C31H50F6O4S2Si5/c1-7-46(6,40-47(26-20-30(32,33)34,27-21-31(35,36)37)38-44(2,3)24-14-22-42)41-48(28-16-10-8-11-17-28,29-18-12-9-13-19-29)39-45(4,5)25-15-23-43/h7-13,16-19,42-43H,1,14-15,20-27H2,2-6H3. The predicted octanol–water partition coefficient (Wildman–Crippen LogP) is 9.50. The summed E-state index contributed by atoms with van der Waals surface area (Å²) in [6, 6.07) is 18.6. The molecule has 1 atom stereocenters. The summed E-state index contributed by atoms with van der Waals surface area (Å²) in [4.78, 5) is 0. The Bertz CT molecular complexity index is 1200. The van der Waals surface area contributed by atoms with Crippen molar-refractivity contribution in [2.75, 3.05) is 11.5 Å². The second-order valence-corrected chi connectivity index (χ2v) is 33.1. The van der Waals surface area contributed by atoms with Gasteiger partial charge in [-0.1, -0.05) is 66.4 Å². The van der Waals surface area contributed by atoms with E-state index in [1.54, 1.807) is 6.55 Å². The first-order valence-corrected chi connectivity index (χ1v) is 30.0. The maximum Gasteiger partial charge on any atom is 0.389 e. The predicted molar refractivity (Wildman–Crippen MR) is 202 cm³/mol. The zero-order valence-corrected chi connectivity index (χ0v) is 35.2. The Hall–Kier alpha value is -0.616. The lowest BCUT2D eigenvalue weighted by atomic mass is 10.4. The van der Waals surface area contributed by atoms with Crippen molar-refractivity contribution in [2.45, 2.75) is 94.9 Å². The van der Waals surface area contributed by atoms with Gasteiger partial charge in [-0.3, -0.25) is 0 Å². The molecule has 0 saturated heterocycles. The lowest BCUT2D eigenvalue weighted by Gasteiger charge is -2.47. The monoisotopic (exact) mass is 804 g/mol. The molecule has 48 heavy (non-hydrogen) atoms. The highest BCUT2D eigenvalue weighted by Gasteiger charge is 2.56. The van der Waals surface area contributed by atoms with Gasteiger partial charge in [-0.2, -0.15) is 51.6 Å². The van der Waals surface area contributed by atoms with Crippen molar-refractivity contribution in [3.05, 3.63) is 72.9 Å². The fourth-order valence-electron chi connectivity index (χ4n) is 5.52. The van der Waals surface area contributed by atoms with Crippen LogP contribution in [0.3, 0.4) is 0 Å². The molecule has 0 aliphatic heterocycles. The molecule has 0 aliphatic carbocycles. The van der Waals surface area contributed by atoms with Crippen molar-refractivity contribution < 1.29 is 42.8 Å². The quantitative estimate of drug-likeness (QED) is 0.0750. The van der Waals surface area contributed by atoms with Crippen LogP contribution in [0.15, 0.2) is 72.9 Å². The molecule has 0 heterocycles. The average molecular weight is 805 g/mol. The molecule has 0 bridgehead atoms. The summed E-state index contributed by atoms with van der Waals surface area (Å²) in [5.41, 5.74) is 1.45. The van der Waals surface area contributed by atoms with Crippen LogP contribution in [0.5, 0.6) is 0 Å². The second kappa shape index (κ2) is 18.2. The number of hydrogen-bond donors (Lipinski definition) is 2. The van der Waals surface area contributed by atoms with E-state index in [2.05, 4.69) is 44.9 Å². The molecule has 0 aromatic heterocycles. The number of alkyl halides is 6. The van der Waals surface area contributed by atoms with Crippen molar-refractivity contribution in [1.82, 2.24) is 0 Å². The van der Waals surface area contributed by atoms with Crippen LogP contribution in [-0.2, 0) is 16.5 Å². The minimum atomic E-state index is -4.63. The largest absolute Gasteiger partial charge is 0.436 e. The normalized spacial score (nSPS) is 14.9. The lowest BCUT2D eigenvalue weighted by Crippen LogP contribution is -2.72. The molecular formula is C31H50F6O4S2Si5. The van der Waals surface area contributed by atoms with Crippen LogP contribution in [0.25, 0.3) is 0 Å². The molecule has 0 aliphatic rings. The van der Waals surface area contributed by atoms with E-state index in [-0.39, 0.29) is 0 Å². The van der Waals surface area contributed by atoms with Crippen LogP contribution in [0.4, 0.5) is 26.3 Å². The summed E-state index contributed by atoms with van der Waals surface area (Å²) in [5.74, 6) is 1.17. The summed E-state index contributed by atoms with van der Waals surface area (Å²) in [6.45, 7) is 13.4. The van der Waals surface area contributed by atoms with Crippen molar-refractivity contribution in [3.63, 3.8) is 0 Å². The van der Waals surface area contributed by atoms with Gasteiger partial charge < -0.3 is 16.5 Å². The van der Waals surface area contributed by atoms with E-state index in [0.29, 0.717) is 24.0 Å². The fourth-order valence-corrected chi connectivity index (χ4v) is 30.7. The summed E-state index contributed by atoms with van der Waals surface area (Å²) >= 11 is 8.67. The average Bonchev–Trinajstić information content (AvgIpc) is 3.00. The van der Waals surface area contributed by atoms with Crippen molar-refractivity contribution in [1.29, 1.82) is 0 Å². The Morgan fingerprint density at radius 2 is 1.00 bits per heavy atom. The highest BCUT2D eigenvalue weighted by Crippen LogP contribution is 2.39. The molecular weight excluding hydrogens is 755 g/mol. The van der Waals surface area contributed by atoms with Crippen molar-refractivity contribution >= 4 is 77.9 Å². The van der Waals surface area contributed by atoms with Gasteiger partial charge in [0.25, 0.3) is 0 Å². The van der Waals surface area contributed by atoms with E-state index in [1.807, 2.05) is 73.8 Å². The van der Waals surface area contributed by atoms with Crippen LogP contribution in [-0.4, -0.2) is 66.2 Å². The number of benzene rings is 2. The molecule has 272 valence electrons. The molecule has 17 heteroatoms. The number of rotatable bonds is 21. The Morgan fingerprint density at radius 3 is 1.35 bits per heavy atom. The molecule has 2 rings (SSSR count). The van der Waals surface area contributed by atoms with Gasteiger partial charge in [0.15, 0.2) is 16.6 Å². The maximum absolute atomic E-state index is 13.8. The molecule has 0 saturated carbocycles. The topological polar surface area (TPSA) is 36.9 Å². The third-order valence-electron chi connectivity index (χ3n) is 7.75. The Labute approximate surface area is 298 Å². The minimum absolute atomic E-state index is 0.501. The van der Waals surface area contributed by atoms with Gasteiger partial charge >= 0.3 is 38.0 Å². The van der Waals surface area contributed by atoms with Crippen LogP contribution in [0, 0.1) is 0 Å². The van der Waals surface area contributed by atoms with Gasteiger partial charge in [0.1, 0.15) is 0 Å². The minimum Gasteiger partial charge on any atom is -0.436 e. The number of thiol groups is 2. The first-order chi connectivity index (χ1) is 22.1. The number of hydrogen-bond acceptors (Lipinski definition) is 6. The first-order valence-electron chi connectivity index (χ1n) is 16.0. The molecule has 1 unspecified atom stereocenters. The Morgan fingerprint density at radius 1 is 0.604 bits per heavy atom. The summed E-state index contributed by atoms with van der Waals surface area (Å²) in [5, 5.41) is 1.49. The molecule has 0 spiro atoms. The third-order valence-corrected chi connectivity index (χ3v) is 29.4. The van der Waals surface area contributed by atoms with Gasteiger partial charge in [-0.25, -0.2) is 0 Å². The smallest absolute Gasteiger partial charge is 0.389 e. The highest BCUT2D eigenvalue weighted by atomic mass is 32.1. The first kappa shape index (κ1) is 43.5. The second-order valence-electron chi connectivity index (χ2n) is 13.3. The van der Waals surface area contributed by atoms with E-state index < -0.39 is 79.6 Å². The molecule has 2 aromatic rings. The molecule has 0 N–H and O–H groups in total. The maximum atomic E-state index is 13.8. The molecule has 0 amide bonds. The molecule has 0 fully saturated rings. The van der Waals surface area contributed by atoms with E-state index in [0.717, 1.165) is 22.8 Å². The third kappa shape index (κ3) is 14.6. The molecule has 4 nitrogen and oxygen atoms in total. The summed E-state index contributed by atoms with van der Waals surface area (Å²) < 4.78 is 111. The van der Waals surface area contributed by atoms with Crippen molar-refractivity contribution in [3.8, 4) is 0 Å². The van der Waals surface area contributed by atoms with Crippen LogP contribution in [0.1, 0.15) is 25.7 Å². The Kier molecular flexibility index (Phi) is 16.5. The van der Waals surface area contributed by atoms with Crippen LogP contribution < -0.4 is 10.4 Å². The van der Waals surface area contributed by atoms with Gasteiger partial charge in [0.2, 0.25) is 0 Å². The lowest BCUT2D eigenvalue weighted by molar-refractivity contribution is -0.133.